The molecule has 0 aliphatic carbocycles. The Hall–Kier alpha value is -1.48. The van der Waals surface area contributed by atoms with E-state index in [0.29, 0.717) is 6.61 Å². The number of benzene rings is 1. The normalized spacial score (nSPS) is 17.8. The fourth-order valence-electron chi connectivity index (χ4n) is 1.80. The molecule has 0 N–H and O–H groups in total. The summed E-state index contributed by atoms with van der Waals surface area (Å²) in [6, 6.07) is 7.88. The highest BCUT2D eigenvalue weighted by atomic mass is 35.5. The van der Waals surface area contributed by atoms with Crippen LogP contribution >= 0.6 is 11.6 Å². The van der Waals surface area contributed by atoms with Crippen molar-refractivity contribution in [2.24, 2.45) is 0 Å². The molecule has 1 aromatic rings. The Bertz CT molecular complexity index is 445. The van der Waals surface area contributed by atoms with Gasteiger partial charge in [-0.05, 0) is 24.1 Å². The van der Waals surface area contributed by atoms with E-state index in [0.717, 1.165) is 11.1 Å². The van der Waals surface area contributed by atoms with Crippen LogP contribution in [0.1, 0.15) is 23.6 Å². The van der Waals surface area contributed by atoms with Crippen molar-refractivity contribution in [1.29, 1.82) is 0 Å². The quantitative estimate of drug-likeness (QED) is 0.470. The molecule has 1 atom stereocenters. The van der Waals surface area contributed by atoms with E-state index in [-0.39, 0.29) is 18.0 Å². The predicted octanol–water partition coefficient (Wildman–Crippen LogP) is 2.77. The molecule has 1 aliphatic heterocycles. The molecule has 0 bridgehead atoms. The van der Waals surface area contributed by atoms with Gasteiger partial charge in [-0.25, -0.2) is 0 Å². The van der Waals surface area contributed by atoms with E-state index in [2.05, 4.69) is 0 Å². The molecular weight excluding hydrogens is 238 g/mol. The number of hydrogen-bond acceptors (Lipinski definition) is 3. The van der Waals surface area contributed by atoms with Crippen molar-refractivity contribution in [2.75, 3.05) is 13.2 Å². The average Bonchev–Trinajstić information content (AvgIpc) is 2.33. The molecule has 1 aromatic carbocycles. The predicted molar refractivity (Wildman–Crippen MR) is 67.4 cm³/mol. The number of nitrogens with zero attached hydrogens (tertiary/aromatic N) is 1. The van der Waals surface area contributed by atoms with Crippen LogP contribution in [0.3, 0.4) is 0 Å². The van der Waals surface area contributed by atoms with E-state index in [4.69, 9.17) is 16.3 Å². The van der Waals surface area contributed by atoms with E-state index in [1.165, 1.54) is 0 Å². The summed E-state index contributed by atoms with van der Waals surface area (Å²) >= 11 is 6.32. The van der Waals surface area contributed by atoms with Crippen molar-refractivity contribution in [3.8, 4) is 0 Å². The number of carbonyl (C=O) groups excluding carboxylic acids is 1. The summed E-state index contributed by atoms with van der Waals surface area (Å²) in [4.78, 5) is 13.2. The van der Waals surface area contributed by atoms with Crippen LogP contribution in [0.4, 0.5) is 0 Å². The molecule has 0 saturated carbocycles. The first kappa shape index (κ1) is 12.0. The third-order valence-electron chi connectivity index (χ3n) is 2.61. The highest BCUT2D eigenvalue weighted by molar-refractivity contribution is 6.21. The fraction of sp³-hybridized carbons (Fsp3) is 0.308. The molecule has 90 valence electrons. The van der Waals surface area contributed by atoms with Crippen molar-refractivity contribution < 1.29 is 9.53 Å². The van der Waals surface area contributed by atoms with Gasteiger partial charge in [0.2, 0.25) is 0 Å². The Morgan fingerprint density at radius 3 is 3.00 bits per heavy atom. The topological polar surface area (TPSA) is 29.5 Å². The smallest absolute Gasteiger partial charge is 0.325 e. The number of rotatable bonds is 3. The number of hydrogen-bond donors (Lipinski definition) is 0. The zero-order valence-corrected chi connectivity index (χ0v) is 10.4. The molecule has 1 unspecified atom stereocenters. The number of alkyl halides is 1. The van der Waals surface area contributed by atoms with Gasteiger partial charge in [0.05, 0.1) is 6.61 Å². The molecule has 0 aromatic heterocycles. The summed E-state index contributed by atoms with van der Waals surface area (Å²) in [7, 11) is 0. The minimum absolute atomic E-state index is 0.173. The minimum atomic E-state index is -0.319. The molecule has 1 aliphatic rings. The summed E-state index contributed by atoms with van der Waals surface area (Å²) in [6.07, 6.45) is 3.78. The minimum Gasteiger partial charge on any atom is -0.465 e. The van der Waals surface area contributed by atoms with Crippen molar-refractivity contribution >= 4 is 23.6 Å². The fourth-order valence-corrected chi connectivity index (χ4v) is 2.13. The second-order valence-corrected chi connectivity index (χ2v) is 4.17. The zero-order valence-electron chi connectivity index (χ0n) is 9.60. The maximum atomic E-state index is 11.4. The van der Waals surface area contributed by atoms with Gasteiger partial charge in [0.1, 0.15) is 12.0 Å². The van der Waals surface area contributed by atoms with Gasteiger partial charge in [0, 0.05) is 6.20 Å². The molecule has 2 rings (SSSR count). The maximum Gasteiger partial charge on any atom is 0.325 e. The number of carbonyl (C=O) groups is 1. The summed E-state index contributed by atoms with van der Waals surface area (Å²) in [5.41, 5.74) is 1.79. The van der Waals surface area contributed by atoms with Gasteiger partial charge in [-0.15, -0.1) is 0 Å². The van der Waals surface area contributed by atoms with Gasteiger partial charge in [0.15, 0.2) is 0 Å². The molecule has 1 heterocycles. The van der Waals surface area contributed by atoms with Crippen LogP contribution in [0, 0.1) is 0 Å². The van der Waals surface area contributed by atoms with Gasteiger partial charge in [-0.3, -0.25) is 4.79 Å². The van der Waals surface area contributed by atoms with Crippen LogP contribution in [0.15, 0.2) is 30.5 Å². The first-order chi connectivity index (χ1) is 8.22. The lowest BCUT2D eigenvalue weighted by molar-refractivity contribution is -0.143. The lowest BCUT2D eigenvalue weighted by Gasteiger charge is -2.29. The number of halogens is 1. The summed E-state index contributed by atoms with van der Waals surface area (Å²) < 4.78 is 4.91. The summed E-state index contributed by atoms with van der Waals surface area (Å²) in [6.45, 7) is 2.35. The average molecular weight is 252 g/mol. The number of ether oxygens (including phenoxy) is 1. The van der Waals surface area contributed by atoms with Crippen molar-refractivity contribution in [3.63, 3.8) is 0 Å². The van der Waals surface area contributed by atoms with E-state index >= 15 is 0 Å². The second kappa shape index (κ2) is 5.23. The van der Waals surface area contributed by atoms with Crippen LogP contribution in [-0.4, -0.2) is 24.0 Å². The molecule has 17 heavy (non-hydrogen) atoms. The molecule has 0 spiro atoms. The van der Waals surface area contributed by atoms with Crippen molar-refractivity contribution in [2.45, 2.75) is 12.4 Å². The van der Waals surface area contributed by atoms with Crippen LogP contribution in [0.2, 0.25) is 0 Å². The first-order valence-corrected chi connectivity index (χ1v) is 5.98. The number of esters is 1. The monoisotopic (exact) mass is 251 g/mol. The van der Waals surface area contributed by atoms with Crippen LogP contribution < -0.4 is 0 Å². The van der Waals surface area contributed by atoms with Gasteiger partial charge < -0.3 is 9.64 Å². The second-order valence-electron chi connectivity index (χ2n) is 3.76. The van der Waals surface area contributed by atoms with Crippen molar-refractivity contribution in [1.82, 2.24) is 4.90 Å². The Balaban J connectivity index is 2.12. The van der Waals surface area contributed by atoms with E-state index in [9.17, 15) is 4.79 Å². The number of fused-ring (bicyclic) bond motifs is 1. The Kier molecular flexibility index (Phi) is 3.69. The standard InChI is InChI=1S/C13H14ClNO2/c1-2-17-12(16)9-15-8-7-10-5-3-4-6-11(10)13(15)14/h3-8,13H,2,9H2,1H3. The van der Waals surface area contributed by atoms with E-state index in [1.807, 2.05) is 36.5 Å². The van der Waals surface area contributed by atoms with Gasteiger partial charge in [-0.2, -0.15) is 0 Å². The van der Waals surface area contributed by atoms with E-state index < -0.39 is 0 Å². The van der Waals surface area contributed by atoms with Gasteiger partial charge in [-0.1, -0.05) is 35.9 Å². The molecule has 0 saturated heterocycles. The lowest BCUT2D eigenvalue weighted by atomic mass is 10.0. The Morgan fingerprint density at radius 2 is 2.24 bits per heavy atom. The van der Waals surface area contributed by atoms with Gasteiger partial charge >= 0.3 is 5.97 Å². The molecule has 0 radical (unpaired) electrons. The third kappa shape index (κ3) is 2.61. The van der Waals surface area contributed by atoms with Crippen LogP contribution in [-0.2, 0) is 9.53 Å². The third-order valence-corrected chi connectivity index (χ3v) is 3.09. The molecular formula is C13H14ClNO2. The zero-order chi connectivity index (χ0) is 12.3. The van der Waals surface area contributed by atoms with Gasteiger partial charge in [0.25, 0.3) is 0 Å². The van der Waals surface area contributed by atoms with E-state index in [1.54, 1.807) is 11.8 Å². The lowest BCUT2D eigenvalue weighted by Crippen LogP contribution is -2.29. The summed E-state index contributed by atoms with van der Waals surface area (Å²) in [5, 5.41) is 0. The first-order valence-electron chi connectivity index (χ1n) is 5.55. The van der Waals surface area contributed by atoms with Crippen LogP contribution in [0.25, 0.3) is 6.08 Å². The highest BCUT2D eigenvalue weighted by Crippen LogP contribution is 2.32. The SMILES string of the molecule is CCOC(=O)CN1C=Cc2ccccc2C1Cl. The van der Waals surface area contributed by atoms with Crippen LogP contribution in [0.5, 0.6) is 0 Å². The molecule has 3 nitrogen and oxygen atoms in total. The Morgan fingerprint density at radius 1 is 1.47 bits per heavy atom. The molecule has 4 heteroatoms. The molecule has 0 fully saturated rings. The Labute approximate surface area is 106 Å². The summed E-state index contributed by atoms with van der Waals surface area (Å²) in [5.74, 6) is -0.262. The maximum absolute atomic E-state index is 11.4. The van der Waals surface area contributed by atoms with Crippen molar-refractivity contribution in [3.05, 3.63) is 41.6 Å². The largest absolute Gasteiger partial charge is 0.465 e. The molecule has 0 amide bonds. The highest BCUT2D eigenvalue weighted by Gasteiger charge is 2.22.